The maximum atomic E-state index is 14.1. The van der Waals surface area contributed by atoms with E-state index in [1.165, 1.54) is 12.3 Å². The minimum Gasteiger partial charge on any atom is -0.618 e. The van der Waals surface area contributed by atoms with E-state index in [0.717, 1.165) is 10.9 Å². The number of aryl methyl sites for hydroxylation is 1. The molecule has 94 valence electrons. The van der Waals surface area contributed by atoms with Gasteiger partial charge in [-0.2, -0.15) is 4.73 Å². The highest BCUT2D eigenvalue weighted by Crippen LogP contribution is 2.25. The van der Waals surface area contributed by atoms with Crippen LogP contribution in [0.5, 0.6) is 0 Å². The molecular weight excluding hydrogens is 243 g/mol. The Morgan fingerprint density at radius 3 is 2.84 bits per heavy atom. The van der Waals surface area contributed by atoms with Crippen molar-refractivity contribution in [1.29, 1.82) is 0 Å². The van der Waals surface area contributed by atoms with Gasteiger partial charge in [0.25, 0.3) is 0 Å². The topological polar surface area (TPSA) is 39.8 Å². The number of fused-ring (bicyclic) bond motifs is 1. The van der Waals surface area contributed by atoms with Gasteiger partial charge in [-0.1, -0.05) is 0 Å². The summed E-state index contributed by atoms with van der Waals surface area (Å²) in [6, 6.07) is 8.25. The van der Waals surface area contributed by atoms with Crippen molar-refractivity contribution in [3.63, 3.8) is 0 Å². The first-order chi connectivity index (χ1) is 9.15. The number of hydrogen-bond donors (Lipinski definition) is 0. The Morgan fingerprint density at radius 2 is 2.00 bits per heavy atom. The predicted molar refractivity (Wildman–Crippen MR) is 70.8 cm³/mol. The van der Waals surface area contributed by atoms with Crippen LogP contribution in [-0.4, -0.2) is 4.98 Å². The number of halogens is 1. The van der Waals surface area contributed by atoms with Gasteiger partial charge in [-0.3, -0.25) is 4.98 Å². The van der Waals surface area contributed by atoms with Crippen LogP contribution in [0, 0.1) is 17.9 Å². The highest BCUT2D eigenvalue weighted by molar-refractivity contribution is 5.86. The second-order valence-corrected chi connectivity index (χ2v) is 4.47. The van der Waals surface area contributed by atoms with Crippen LogP contribution in [0.4, 0.5) is 4.39 Å². The second-order valence-electron chi connectivity index (χ2n) is 4.47. The summed E-state index contributed by atoms with van der Waals surface area (Å²) in [7, 11) is 0. The lowest BCUT2D eigenvalue weighted by Gasteiger charge is -2.07. The number of nitrogens with zero attached hydrogens (tertiary/aromatic N) is 2. The minimum atomic E-state index is -0.421. The molecule has 2 heterocycles. The molecule has 0 radical (unpaired) electrons. The standard InChI is InChI=1S/C15H11FN2O/c1-10-3-5-18(19)15(6-10)13-7-11-2-4-17-9-12(11)8-14(13)16/h2-9H,1H3. The van der Waals surface area contributed by atoms with Gasteiger partial charge in [-0.25, -0.2) is 4.39 Å². The van der Waals surface area contributed by atoms with Gasteiger partial charge < -0.3 is 5.21 Å². The Balaban J connectivity index is 2.30. The number of benzene rings is 1. The molecule has 1 aromatic carbocycles. The van der Waals surface area contributed by atoms with Crippen LogP contribution in [-0.2, 0) is 0 Å². The van der Waals surface area contributed by atoms with Gasteiger partial charge in [0.15, 0.2) is 6.20 Å². The van der Waals surface area contributed by atoms with Crippen LogP contribution in [0.3, 0.4) is 0 Å². The molecule has 3 nitrogen and oxygen atoms in total. The first-order valence-electron chi connectivity index (χ1n) is 5.88. The maximum Gasteiger partial charge on any atom is 0.226 e. The smallest absolute Gasteiger partial charge is 0.226 e. The quantitative estimate of drug-likeness (QED) is 0.494. The van der Waals surface area contributed by atoms with Crippen molar-refractivity contribution >= 4 is 10.8 Å². The summed E-state index contributed by atoms with van der Waals surface area (Å²) in [5.74, 6) is -0.421. The summed E-state index contributed by atoms with van der Waals surface area (Å²) >= 11 is 0. The van der Waals surface area contributed by atoms with Crippen molar-refractivity contribution in [2.75, 3.05) is 0 Å². The van der Waals surface area contributed by atoms with E-state index in [2.05, 4.69) is 4.98 Å². The van der Waals surface area contributed by atoms with Gasteiger partial charge in [0.1, 0.15) is 5.82 Å². The van der Waals surface area contributed by atoms with Gasteiger partial charge in [-0.05, 0) is 36.1 Å². The molecule has 2 aromatic heterocycles. The zero-order valence-electron chi connectivity index (χ0n) is 10.3. The molecule has 3 aromatic rings. The first-order valence-corrected chi connectivity index (χ1v) is 5.88. The third-order valence-electron chi connectivity index (χ3n) is 3.08. The van der Waals surface area contributed by atoms with Crippen molar-refractivity contribution < 1.29 is 9.12 Å². The molecule has 4 heteroatoms. The van der Waals surface area contributed by atoms with Crippen molar-refractivity contribution in [1.82, 2.24) is 4.98 Å². The summed E-state index contributed by atoms with van der Waals surface area (Å²) in [6.07, 6.45) is 4.63. The summed E-state index contributed by atoms with van der Waals surface area (Å²) in [5.41, 5.74) is 1.53. The lowest BCUT2D eigenvalue weighted by atomic mass is 10.0. The normalized spacial score (nSPS) is 10.8. The fourth-order valence-electron chi connectivity index (χ4n) is 2.09. The van der Waals surface area contributed by atoms with E-state index in [-0.39, 0.29) is 0 Å². The van der Waals surface area contributed by atoms with E-state index in [0.29, 0.717) is 21.4 Å². The van der Waals surface area contributed by atoms with Crippen molar-refractivity contribution in [3.05, 3.63) is 65.5 Å². The Labute approximate surface area is 109 Å². The van der Waals surface area contributed by atoms with Gasteiger partial charge in [-0.15, -0.1) is 0 Å². The van der Waals surface area contributed by atoms with E-state index in [1.807, 2.05) is 6.92 Å². The molecule has 19 heavy (non-hydrogen) atoms. The predicted octanol–water partition coefficient (Wildman–Crippen LogP) is 2.98. The number of pyridine rings is 2. The summed E-state index contributed by atoms with van der Waals surface area (Å²) in [5, 5.41) is 13.4. The lowest BCUT2D eigenvalue weighted by Crippen LogP contribution is -2.28. The summed E-state index contributed by atoms with van der Waals surface area (Å²) in [6.45, 7) is 1.87. The van der Waals surface area contributed by atoms with Gasteiger partial charge in [0, 0.05) is 29.9 Å². The molecule has 0 aliphatic rings. The monoisotopic (exact) mass is 254 g/mol. The molecule has 0 N–H and O–H groups in total. The molecule has 0 amide bonds. The Bertz CT molecular complexity index is 771. The molecule has 0 fully saturated rings. The molecule has 0 saturated heterocycles. The number of aromatic nitrogens is 2. The van der Waals surface area contributed by atoms with Crippen molar-refractivity contribution in [3.8, 4) is 11.3 Å². The Kier molecular flexibility index (Phi) is 2.63. The molecular formula is C15H11FN2O. The minimum absolute atomic E-state index is 0.303. The molecule has 0 aliphatic carbocycles. The lowest BCUT2D eigenvalue weighted by molar-refractivity contribution is -0.593. The van der Waals surface area contributed by atoms with Crippen LogP contribution in [0.2, 0.25) is 0 Å². The average Bonchev–Trinajstić information content (AvgIpc) is 2.41. The van der Waals surface area contributed by atoms with E-state index < -0.39 is 5.82 Å². The molecule has 0 saturated carbocycles. The molecule has 0 bridgehead atoms. The van der Waals surface area contributed by atoms with Crippen LogP contribution in [0.25, 0.3) is 22.0 Å². The molecule has 0 spiro atoms. The van der Waals surface area contributed by atoms with E-state index in [4.69, 9.17) is 0 Å². The van der Waals surface area contributed by atoms with E-state index in [1.54, 1.807) is 36.7 Å². The zero-order valence-corrected chi connectivity index (χ0v) is 10.3. The summed E-state index contributed by atoms with van der Waals surface area (Å²) < 4.78 is 14.8. The number of hydrogen-bond acceptors (Lipinski definition) is 2. The van der Waals surface area contributed by atoms with Crippen LogP contribution in [0.15, 0.2) is 48.9 Å². The second kappa shape index (κ2) is 4.31. The van der Waals surface area contributed by atoms with Gasteiger partial charge >= 0.3 is 0 Å². The van der Waals surface area contributed by atoms with Gasteiger partial charge in [0.2, 0.25) is 5.69 Å². The Morgan fingerprint density at radius 1 is 1.16 bits per heavy atom. The fourth-order valence-corrected chi connectivity index (χ4v) is 2.09. The summed E-state index contributed by atoms with van der Waals surface area (Å²) in [4.78, 5) is 3.95. The van der Waals surface area contributed by atoms with Crippen molar-refractivity contribution in [2.45, 2.75) is 6.92 Å². The average molecular weight is 254 g/mol. The zero-order chi connectivity index (χ0) is 13.4. The highest BCUT2D eigenvalue weighted by atomic mass is 19.1. The largest absolute Gasteiger partial charge is 0.618 e. The highest BCUT2D eigenvalue weighted by Gasteiger charge is 2.15. The fraction of sp³-hybridized carbons (Fsp3) is 0.0667. The van der Waals surface area contributed by atoms with Crippen LogP contribution < -0.4 is 4.73 Å². The SMILES string of the molecule is Cc1cc[n+]([O-])c(-c2cc3ccncc3cc2F)c1. The third-order valence-corrected chi connectivity index (χ3v) is 3.08. The van der Waals surface area contributed by atoms with Crippen LogP contribution >= 0.6 is 0 Å². The number of rotatable bonds is 1. The molecule has 3 rings (SSSR count). The Hall–Kier alpha value is -2.49. The maximum absolute atomic E-state index is 14.1. The molecule has 0 atom stereocenters. The third kappa shape index (κ3) is 2.01. The van der Waals surface area contributed by atoms with Gasteiger partial charge in [0.05, 0.1) is 5.56 Å². The van der Waals surface area contributed by atoms with E-state index in [9.17, 15) is 9.60 Å². The van der Waals surface area contributed by atoms with E-state index >= 15 is 0 Å². The van der Waals surface area contributed by atoms with Crippen LogP contribution in [0.1, 0.15) is 5.56 Å². The van der Waals surface area contributed by atoms with Crippen molar-refractivity contribution in [2.24, 2.45) is 0 Å². The molecule has 0 aliphatic heterocycles. The molecule has 0 unspecified atom stereocenters. The first kappa shape index (κ1) is 11.6.